The van der Waals surface area contributed by atoms with E-state index in [0.29, 0.717) is 19.6 Å². The maximum atomic E-state index is 12.3. The number of carbonyl (C=O) groups is 1. The van der Waals surface area contributed by atoms with Crippen molar-refractivity contribution in [3.63, 3.8) is 0 Å². The normalized spacial score (nSPS) is 26.6. The first-order chi connectivity index (χ1) is 12.6. The van der Waals surface area contributed by atoms with Crippen molar-refractivity contribution in [1.29, 1.82) is 0 Å². The van der Waals surface area contributed by atoms with Crippen molar-refractivity contribution in [3.8, 4) is 0 Å². The Bertz CT molecular complexity index is 780. The van der Waals surface area contributed by atoms with Gasteiger partial charge in [0, 0.05) is 37.7 Å². The van der Waals surface area contributed by atoms with Gasteiger partial charge in [-0.2, -0.15) is 0 Å². The third-order valence-electron chi connectivity index (χ3n) is 5.40. The van der Waals surface area contributed by atoms with E-state index in [9.17, 15) is 4.79 Å². The summed E-state index contributed by atoms with van der Waals surface area (Å²) in [6.07, 6.45) is 0.421. The quantitative estimate of drug-likeness (QED) is 0.832. The standard InChI is InChI=1S/C21H25N3O2/c22-18-8-4-7-17(11-18)19-13-24(12-16-5-2-1-3-6-16)14-21(19)15-26-10-9-20(25)23-21/h1-8,11,19H,9-10,12-15,22H2,(H,23,25)/t19-,21-/m0/s1. The van der Waals surface area contributed by atoms with E-state index in [-0.39, 0.29) is 11.8 Å². The lowest BCUT2D eigenvalue weighted by Crippen LogP contribution is -2.55. The molecule has 2 aliphatic rings. The van der Waals surface area contributed by atoms with Gasteiger partial charge in [0.25, 0.3) is 0 Å². The Kier molecular flexibility index (Phi) is 4.66. The van der Waals surface area contributed by atoms with Crippen molar-refractivity contribution >= 4 is 11.6 Å². The number of hydrogen-bond donors (Lipinski definition) is 2. The van der Waals surface area contributed by atoms with Crippen LogP contribution in [-0.2, 0) is 16.1 Å². The fourth-order valence-corrected chi connectivity index (χ4v) is 4.24. The maximum absolute atomic E-state index is 12.3. The van der Waals surface area contributed by atoms with E-state index < -0.39 is 5.54 Å². The number of nitrogens with zero attached hydrogens (tertiary/aromatic N) is 1. The second kappa shape index (κ2) is 7.09. The van der Waals surface area contributed by atoms with Crippen LogP contribution in [0.3, 0.4) is 0 Å². The Balaban J connectivity index is 1.65. The zero-order chi connectivity index (χ0) is 18.0. The van der Waals surface area contributed by atoms with E-state index in [1.807, 2.05) is 24.3 Å². The molecule has 2 heterocycles. The Labute approximate surface area is 154 Å². The Hall–Kier alpha value is -2.37. The highest BCUT2D eigenvalue weighted by atomic mass is 16.5. The molecule has 2 aromatic carbocycles. The molecule has 136 valence electrons. The summed E-state index contributed by atoms with van der Waals surface area (Å²) in [7, 11) is 0. The topological polar surface area (TPSA) is 67.6 Å². The van der Waals surface area contributed by atoms with Gasteiger partial charge >= 0.3 is 0 Å². The van der Waals surface area contributed by atoms with Crippen molar-refractivity contribution < 1.29 is 9.53 Å². The summed E-state index contributed by atoms with van der Waals surface area (Å²) in [6, 6.07) is 18.4. The molecule has 2 aromatic rings. The van der Waals surface area contributed by atoms with Crippen LogP contribution in [0.4, 0.5) is 5.69 Å². The smallest absolute Gasteiger partial charge is 0.222 e. The van der Waals surface area contributed by atoms with Crippen molar-refractivity contribution in [2.24, 2.45) is 0 Å². The minimum Gasteiger partial charge on any atom is -0.399 e. The van der Waals surface area contributed by atoms with E-state index in [1.54, 1.807) is 0 Å². The molecule has 5 heteroatoms. The number of ether oxygens (including phenoxy) is 1. The van der Waals surface area contributed by atoms with Crippen molar-refractivity contribution in [1.82, 2.24) is 10.2 Å². The van der Waals surface area contributed by atoms with Gasteiger partial charge in [-0.1, -0.05) is 42.5 Å². The lowest BCUT2D eigenvalue weighted by Gasteiger charge is -2.34. The summed E-state index contributed by atoms with van der Waals surface area (Å²) >= 11 is 0. The summed E-state index contributed by atoms with van der Waals surface area (Å²) < 4.78 is 5.84. The zero-order valence-electron chi connectivity index (χ0n) is 14.9. The second-order valence-electron chi connectivity index (χ2n) is 7.38. The summed E-state index contributed by atoms with van der Waals surface area (Å²) in [5.41, 5.74) is 8.81. The fourth-order valence-electron chi connectivity index (χ4n) is 4.24. The molecule has 2 fully saturated rings. The average Bonchev–Trinajstić information content (AvgIpc) is 2.85. The number of nitrogens with two attached hydrogens (primary N) is 1. The van der Waals surface area contributed by atoms with E-state index >= 15 is 0 Å². The first-order valence-electron chi connectivity index (χ1n) is 9.15. The first kappa shape index (κ1) is 17.1. The average molecular weight is 351 g/mol. The molecule has 3 N–H and O–H groups in total. The van der Waals surface area contributed by atoms with Gasteiger partial charge in [-0.05, 0) is 23.3 Å². The van der Waals surface area contributed by atoms with Crippen LogP contribution in [0, 0.1) is 0 Å². The number of amides is 1. The van der Waals surface area contributed by atoms with Gasteiger partial charge in [0.15, 0.2) is 0 Å². The molecule has 1 amide bonds. The number of nitrogens with one attached hydrogen (secondary N) is 1. The number of nitrogen functional groups attached to an aromatic ring is 1. The monoisotopic (exact) mass is 351 g/mol. The highest BCUT2D eigenvalue weighted by Crippen LogP contribution is 2.38. The van der Waals surface area contributed by atoms with Gasteiger partial charge in [0.2, 0.25) is 5.91 Å². The molecule has 26 heavy (non-hydrogen) atoms. The molecule has 0 aromatic heterocycles. The van der Waals surface area contributed by atoms with Gasteiger partial charge in [0.05, 0.1) is 18.8 Å². The third kappa shape index (κ3) is 3.45. The lowest BCUT2D eigenvalue weighted by molar-refractivity contribution is -0.122. The number of anilines is 1. The lowest BCUT2D eigenvalue weighted by atomic mass is 9.82. The van der Waals surface area contributed by atoms with Crippen molar-refractivity contribution in [2.45, 2.75) is 24.4 Å². The molecule has 0 unspecified atom stereocenters. The zero-order valence-corrected chi connectivity index (χ0v) is 14.9. The molecule has 2 aliphatic heterocycles. The number of hydrogen-bond acceptors (Lipinski definition) is 4. The van der Waals surface area contributed by atoms with E-state index in [2.05, 4.69) is 40.5 Å². The SMILES string of the molecule is Nc1cccc([C@@H]2CN(Cc3ccccc3)C[C@]23COCCC(=O)N3)c1. The molecule has 0 radical (unpaired) electrons. The number of rotatable bonds is 3. The Morgan fingerprint density at radius 2 is 2.04 bits per heavy atom. The Morgan fingerprint density at radius 1 is 1.19 bits per heavy atom. The Morgan fingerprint density at radius 3 is 2.85 bits per heavy atom. The van der Waals surface area contributed by atoms with Crippen LogP contribution < -0.4 is 11.1 Å². The van der Waals surface area contributed by atoms with Crippen molar-refractivity contribution in [3.05, 3.63) is 65.7 Å². The van der Waals surface area contributed by atoms with Crippen molar-refractivity contribution in [2.75, 3.05) is 32.0 Å². The van der Waals surface area contributed by atoms with Crippen LogP contribution in [0.2, 0.25) is 0 Å². The molecule has 2 saturated heterocycles. The van der Waals surface area contributed by atoms with Gasteiger partial charge in [-0.25, -0.2) is 0 Å². The summed E-state index contributed by atoms with van der Waals surface area (Å²) in [5, 5.41) is 3.29. The number of carbonyl (C=O) groups excluding carboxylic acids is 1. The number of benzene rings is 2. The predicted octanol–water partition coefficient (Wildman–Crippen LogP) is 2.14. The molecular formula is C21H25N3O2. The first-order valence-corrected chi connectivity index (χ1v) is 9.15. The van der Waals surface area contributed by atoms with E-state index in [0.717, 1.165) is 30.9 Å². The second-order valence-corrected chi connectivity index (χ2v) is 7.38. The fraction of sp³-hybridized carbons (Fsp3) is 0.381. The summed E-state index contributed by atoms with van der Waals surface area (Å²) in [5.74, 6) is 0.217. The molecule has 0 saturated carbocycles. The van der Waals surface area contributed by atoms with Crippen LogP contribution >= 0.6 is 0 Å². The van der Waals surface area contributed by atoms with Crippen LogP contribution in [-0.4, -0.2) is 42.6 Å². The highest BCUT2D eigenvalue weighted by molar-refractivity contribution is 5.77. The van der Waals surface area contributed by atoms with Gasteiger partial charge in [-0.3, -0.25) is 9.69 Å². The maximum Gasteiger partial charge on any atom is 0.222 e. The molecule has 5 nitrogen and oxygen atoms in total. The largest absolute Gasteiger partial charge is 0.399 e. The van der Waals surface area contributed by atoms with E-state index in [1.165, 1.54) is 5.56 Å². The summed E-state index contributed by atoms with van der Waals surface area (Å²) in [6.45, 7) is 3.51. The molecule has 0 aliphatic carbocycles. The van der Waals surface area contributed by atoms with Gasteiger partial charge < -0.3 is 15.8 Å². The predicted molar refractivity (Wildman–Crippen MR) is 102 cm³/mol. The molecule has 4 rings (SSSR count). The minimum absolute atomic E-state index is 0.0676. The van der Waals surface area contributed by atoms with Crippen LogP contribution in [0.1, 0.15) is 23.5 Å². The van der Waals surface area contributed by atoms with Gasteiger partial charge in [0.1, 0.15) is 0 Å². The van der Waals surface area contributed by atoms with Crippen LogP contribution in [0.15, 0.2) is 54.6 Å². The molecule has 0 bridgehead atoms. The molecule has 1 spiro atoms. The number of likely N-dealkylation sites (tertiary alicyclic amines) is 1. The van der Waals surface area contributed by atoms with Gasteiger partial charge in [-0.15, -0.1) is 0 Å². The minimum atomic E-state index is -0.407. The molecular weight excluding hydrogens is 326 g/mol. The highest BCUT2D eigenvalue weighted by Gasteiger charge is 2.49. The molecule has 2 atom stereocenters. The van der Waals surface area contributed by atoms with E-state index in [4.69, 9.17) is 10.5 Å². The third-order valence-corrected chi connectivity index (χ3v) is 5.40. The summed E-state index contributed by atoms with van der Waals surface area (Å²) in [4.78, 5) is 14.7. The van der Waals surface area contributed by atoms with Crippen LogP contribution in [0.25, 0.3) is 0 Å². The van der Waals surface area contributed by atoms with Crippen LogP contribution in [0.5, 0.6) is 0 Å².